The van der Waals surface area contributed by atoms with Crippen molar-refractivity contribution in [2.45, 2.75) is 33.2 Å². The molecule has 0 spiro atoms. The predicted molar refractivity (Wildman–Crippen MR) is 96.4 cm³/mol. The zero-order valence-electron chi connectivity index (χ0n) is 13.0. The minimum Gasteiger partial charge on any atom is -0.373 e. The third kappa shape index (κ3) is 1.55. The summed E-state index contributed by atoms with van der Waals surface area (Å²) in [5.74, 6) is -3.50. The van der Waals surface area contributed by atoms with Crippen LogP contribution < -0.4 is 0 Å². The number of imide groups is 1. The molecule has 0 radical (unpaired) electrons. The number of allylic oxidation sites excluding steroid dienone is 2. The molecule has 142 valence electrons. The van der Waals surface area contributed by atoms with Crippen LogP contribution in [0.15, 0.2) is 10.1 Å². The number of rotatable bonds is 2. The fourth-order valence-electron chi connectivity index (χ4n) is 5.53. The summed E-state index contributed by atoms with van der Waals surface area (Å²) in [6.07, 6.45) is -1.41. The summed E-state index contributed by atoms with van der Waals surface area (Å²) in [5, 5.41) is 0.940. The van der Waals surface area contributed by atoms with E-state index in [1.807, 2.05) is 0 Å². The molecule has 0 N–H and O–H groups in total. The van der Waals surface area contributed by atoms with Crippen molar-refractivity contribution in [3.05, 3.63) is 10.1 Å². The zero-order valence-corrected chi connectivity index (χ0v) is 17.6. The molecule has 26 heavy (non-hydrogen) atoms. The number of hydrogen-bond donors (Lipinski definition) is 0. The largest absolute Gasteiger partial charge is 0.373 e. The van der Waals surface area contributed by atoms with Crippen LogP contribution in [0.5, 0.6) is 0 Å². The van der Waals surface area contributed by atoms with Crippen LogP contribution in [0, 0.1) is 23.7 Å². The molecular weight excluding hydrogens is 471 g/mol. The summed E-state index contributed by atoms with van der Waals surface area (Å²) in [4.78, 5) is 27.7. The smallest absolute Gasteiger partial charge is 0.260 e. The van der Waals surface area contributed by atoms with Gasteiger partial charge in [0.25, 0.3) is 11.8 Å². The van der Waals surface area contributed by atoms with Crippen molar-refractivity contribution in [1.82, 2.24) is 5.06 Å². The maximum Gasteiger partial charge on any atom is 0.260 e. The normalized spacial score (nSPS) is 53.1. The molecule has 3 aliphatic heterocycles. The maximum atomic E-state index is 12.8. The Hall–Kier alpha value is 0.540. The fraction of sp³-hybridized carbons (Fsp3) is 0.733. The lowest BCUT2D eigenvalue weighted by atomic mass is 9.65. The number of carbonyl (C=O) groups excluding carboxylic acids is 2. The first-order valence-electron chi connectivity index (χ1n) is 8.04. The maximum absolute atomic E-state index is 12.8. The van der Waals surface area contributed by atoms with E-state index in [-0.39, 0.29) is 16.7 Å². The second-order valence-electron chi connectivity index (χ2n) is 7.18. The van der Waals surface area contributed by atoms with Crippen LogP contribution in [-0.4, -0.2) is 49.8 Å². The molecule has 4 fully saturated rings. The van der Waals surface area contributed by atoms with Gasteiger partial charge < -0.3 is 4.74 Å². The molecule has 2 amide bonds. The average Bonchev–Trinajstić information content (AvgIpc) is 3.28. The molecule has 5 aliphatic rings. The van der Waals surface area contributed by atoms with Gasteiger partial charge in [-0.1, -0.05) is 46.4 Å². The topological polar surface area (TPSA) is 55.8 Å². The quantitative estimate of drug-likeness (QED) is 0.448. The van der Waals surface area contributed by atoms with Crippen LogP contribution in [0.25, 0.3) is 0 Å². The Morgan fingerprint density at radius 3 is 1.77 bits per heavy atom. The molecule has 4 bridgehead atoms. The number of hydroxylamine groups is 2. The molecule has 8 atom stereocenters. The van der Waals surface area contributed by atoms with Crippen LogP contribution in [0.3, 0.4) is 0 Å². The lowest BCUT2D eigenvalue weighted by Gasteiger charge is -2.39. The number of halogens is 6. The molecule has 11 heteroatoms. The number of alkyl halides is 4. The predicted octanol–water partition coefficient (Wildman–Crippen LogP) is 3.40. The summed E-state index contributed by atoms with van der Waals surface area (Å²) in [7, 11) is 0. The molecule has 3 saturated heterocycles. The Morgan fingerprint density at radius 2 is 1.38 bits per heavy atom. The summed E-state index contributed by atoms with van der Waals surface area (Å²) >= 11 is 39.7. The van der Waals surface area contributed by atoms with Crippen molar-refractivity contribution in [3.8, 4) is 0 Å². The van der Waals surface area contributed by atoms with Gasteiger partial charge in [-0.15, -0.1) is 23.2 Å². The van der Waals surface area contributed by atoms with E-state index in [2.05, 4.69) is 0 Å². The van der Waals surface area contributed by atoms with E-state index in [9.17, 15) is 9.59 Å². The summed E-state index contributed by atoms with van der Waals surface area (Å²) in [5.41, 5.74) is 0. The molecule has 0 aromatic heterocycles. The highest BCUT2D eigenvalue weighted by molar-refractivity contribution is 6.65. The van der Waals surface area contributed by atoms with Crippen molar-refractivity contribution < 1.29 is 19.2 Å². The van der Waals surface area contributed by atoms with Gasteiger partial charge in [-0.05, 0) is 6.92 Å². The standard InChI is InChI=1S/C15H11Cl6NO4/c1-2-25-22-11(23)3-4(12(22)24)8-6-5(7(3)26-8)13(18)9(16)10(17)14(6,19)15(13,20)21/h3-8H,2H2,1H3/t3-,4+,5-,6-,7-,8-,13+,14+/m0/s1. The zero-order chi connectivity index (χ0) is 19.0. The highest BCUT2D eigenvalue weighted by atomic mass is 35.5. The highest BCUT2D eigenvalue weighted by Gasteiger charge is 2.90. The molecule has 1 saturated carbocycles. The average molecular weight is 482 g/mol. The number of amides is 2. The number of ether oxygens (including phenoxy) is 1. The molecule has 5 rings (SSSR count). The Morgan fingerprint density at radius 1 is 0.962 bits per heavy atom. The minimum absolute atomic E-state index is 0.0632. The van der Waals surface area contributed by atoms with Crippen molar-refractivity contribution >= 4 is 81.4 Å². The second kappa shape index (κ2) is 5.17. The first-order valence-corrected chi connectivity index (χ1v) is 10.3. The van der Waals surface area contributed by atoms with E-state index < -0.39 is 61.8 Å². The van der Waals surface area contributed by atoms with Crippen LogP contribution in [0.1, 0.15) is 6.92 Å². The van der Waals surface area contributed by atoms with Crippen LogP contribution in [-0.2, 0) is 19.2 Å². The Labute approximate surface area is 178 Å². The molecular formula is C15H11Cl6NO4. The number of hydrogen-bond acceptors (Lipinski definition) is 4. The van der Waals surface area contributed by atoms with Gasteiger partial charge in [0.2, 0.25) is 0 Å². The third-order valence-electron chi connectivity index (χ3n) is 6.40. The van der Waals surface area contributed by atoms with Gasteiger partial charge in [0.05, 0.1) is 40.7 Å². The lowest BCUT2D eigenvalue weighted by molar-refractivity contribution is -0.191. The Balaban J connectivity index is 1.66. The molecule has 2 aliphatic carbocycles. The molecule has 0 unspecified atom stereocenters. The van der Waals surface area contributed by atoms with Gasteiger partial charge in [-0.2, -0.15) is 5.06 Å². The Bertz CT molecular complexity index is 745. The van der Waals surface area contributed by atoms with Gasteiger partial charge >= 0.3 is 0 Å². The highest BCUT2D eigenvalue weighted by Crippen LogP contribution is 2.81. The van der Waals surface area contributed by atoms with Crippen molar-refractivity contribution in [2.75, 3.05) is 6.61 Å². The Kier molecular flexibility index (Phi) is 3.69. The van der Waals surface area contributed by atoms with E-state index in [0.29, 0.717) is 0 Å². The van der Waals surface area contributed by atoms with Crippen LogP contribution >= 0.6 is 69.6 Å². The first kappa shape index (κ1) is 18.6. The van der Waals surface area contributed by atoms with E-state index >= 15 is 0 Å². The number of nitrogens with zero attached hydrogens (tertiary/aromatic N) is 1. The molecule has 0 aromatic carbocycles. The monoisotopic (exact) mass is 479 g/mol. The molecule has 5 nitrogen and oxygen atoms in total. The fourth-order valence-corrected chi connectivity index (χ4v) is 8.59. The summed E-state index contributed by atoms with van der Waals surface area (Å²) in [6.45, 7) is 1.87. The van der Waals surface area contributed by atoms with Gasteiger partial charge in [-0.3, -0.25) is 14.4 Å². The van der Waals surface area contributed by atoms with E-state index in [0.717, 1.165) is 5.06 Å². The number of carbonyl (C=O) groups is 2. The lowest BCUT2D eigenvalue weighted by Crippen LogP contribution is -2.50. The van der Waals surface area contributed by atoms with Crippen molar-refractivity contribution in [3.63, 3.8) is 0 Å². The van der Waals surface area contributed by atoms with Gasteiger partial charge in [0.15, 0.2) is 4.33 Å². The number of fused-ring (bicyclic) bond motifs is 12. The molecule has 3 heterocycles. The van der Waals surface area contributed by atoms with Crippen LogP contribution in [0.4, 0.5) is 0 Å². The third-order valence-corrected chi connectivity index (χ3v) is 10.7. The molecule has 0 aromatic rings. The minimum atomic E-state index is -1.71. The van der Waals surface area contributed by atoms with Gasteiger partial charge in [-0.25, -0.2) is 0 Å². The van der Waals surface area contributed by atoms with Gasteiger partial charge in [0.1, 0.15) is 9.75 Å². The van der Waals surface area contributed by atoms with Crippen molar-refractivity contribution in [2.24, 2.45) is 23.7 Å². The SMILES string of the molecule is CCON1C(=O)[C@@H]2[C@@H]3O[C@@H]([C@@H]2C1=O)[C@@H]1[C@@H]3[C@@]2(Cl)C(Cl)=C(Cl)[C@@]1(Cl)C2(Cl)Cl. The second-order valence-corrected chi connectivity index (χ2v) is 10.5. The van der Waals surface area contributed by atoms with E-state index in [1.165, 1.54) is 0 Å². The summed E-state index contributed by atoms with van der Waals surface area (Å²) in [6, 6.07) is 0. The van der Waals surface area contributed by atoms with Gasteiger partial charge in [0, 0.05) is 11.8 Å². The van der Waals surface area contributed by atoms with Crippen LogP contribution in [0.2, 0.25) is 0 Å². The van der Waals surface area contributed by atoms with Crippen molar-refractivity contribution in [1.29, 1.82) is 0 Å². The van der Waals surface area contributed by atoms with E-state index in [1.54, 1.807) is 6.92 Å². The van der Waals surface area contributed by atoms with E-state index in [4.69, 9.17) is 79.2 Å². The summed E-state index contributed by atoms with van der Waals surface area (Å²) < 4.78 is 4.31. The first-order chi connectivity index (χ1) is 12.1.